The summed E-state index contributed by atoms with van der Waals surface area (Å²) < 4.78 is 0. The van der Waals surface area contributed by atoms with Crippen molar-refractivity contribution in [1.29, 1.82) is 0 Å². The fourth-order valence-electron chi connectivity index (χ4n) is 2.24. The van der Waals surface area contributed by atoms with Crippen molar-refractivity contribution in [3.8, 4) is 0 Å². The highest BCUT2D eigenvalue weighted by Crippen LogP contribution is 2.12. The van der Waals surface area contributed by atoms with Gasteiger partial charge in [0.15, 0.2) is 0 Å². The summed E-state index contributed by atoms with van der Waals surface area (Å²) in [6, 6.07) is -0.439. The fraction of sp³-hybridized carbons (Fsp3) is 0.727. The number of hydrogen-bond donors (Lipinski definition) is 1. The first kappa shape index (κ1) is 12.8. The molecule has 4 amide bonds. The van der Waals surface area contributed by atoms with Crippen molar-refractivity contribution in [3.63, 3.8) is 0 Å². The Morgan fingerprint density at radius 2 is 2.17 bits per heavy atom. The van der Waals surface area contributed by atoms with E-state index >= 15 is 0 Å². The van der Waals surface area contributed by atoms with Gasteiger partial charge in [0.25, 0.3) is 5.91 Å². The summed E-state index contributed by atoms with van der Waals surface area (Å²) in [5, 5.41) is 9.49. The van der Waals surface area contributed by atoms with E-state index < -0.39 is 12.1 Å². The minimum absolute atomic E-state index is 0.0226. The maximum absolute atomic E-state index is 11.9. The lowest BCUT2D eigenvalue weighted by Crippen LogP contribution is -2.48. The van der Waals surface area contributed by atoms with E-state index in [9.17, 15) is 19.5 Å². The fourth-order valence-corrected chi connectivity index (χ4v) is 2.24. The van der Waals surface area contributed by atoms with E-state index in [1.165, 1.54) is 16.8 Å². The Morgan fingerprint density at radius 3 is 2.72 bits per heavy atom. The number of likely N-dealkylation sites (N-methyl/N-ethyl adjacent to an activating group) is 1. The average molecular weight is 255 g/mol. The third-order valence-corrected chi connectivity index (χ3v) is 3.27. The van der Waals surface area contributed by atoms with Crippen LogP contribution >= 0.6 is 0 Å². The van der Waals surface area contributed by atoms with Crippen molar-refractivity contribution < 1.29 is 19.5 Å². The van der Waals surface area contributed by atoms with Crippen LogP contribution < -0.4 is 0 Å². The highest BCUT2D eigenvalue weighted by molar-refractivity contribution is 6.04. The number of urea groups is 1. The van der Waals surface area contributed by atoms with E-state index in [4.69, 9.17) is 0 Å². The number of piperidine rings is 1. The van der Waals surface area contributed by atoms with Crippen LogP contribution in [0.1, 0.15) is 12.8 Å². The molecule has 7 heteroatoms. The first-order chi connectivity index (χ1) is 8.49. The second kappa shape index (κ2) is 4.93. The number of hydrogen-bond acceptors (Lipinski definition) is 4. The number of aliphatic hydroxyl groups excluding tert-OH is 1. The van der Waals surface area contributed by atoms with Crippen molar-refractivity contribution in [1.82, 2.24) is 14.7 Å². The van der Waals surface area contributed by atoms with Gasteiger partial charge < -0.3 is 14.9 Å². The molecule has 2 saturated heterocycles. The van der Waals surface area contributed by atoms with Crippen LogP contribution in [0, 0.1) is 0 Å². The summed E-state index contributed by atoms with van der Waals surface area (Å²) in [6.07, 6.45) is 0.929. The molecular weight excluding hydrogens is 238 g/mol. The Hall–Kier alpha value is -1.63. The molecule has 1 unspecified atom stereocenters. The van der Waals surface area contributed by atoms with E-state index in [1.54, 1.807) is 0 Å². The standard InChI is InChI=1S/C11H17N3O4/c1-12-6-10(17)14(11(12)18)7-9(16)13-4-2-3-8(15)5-13/h8,15H,2-7H2,1H3. The van der Waals surface area contributed by atoms with Crippen molar-refractivity contribution in [2.24, 2.45) is 0 Å². The highest BCUT2D eigenvalue weighted by atomic mass is 16.3. The maximum Gasteiger partial charge on any atom is 0.327 e. The summed E-state index contributed by atoms with van der Waals surface area (Å²) in [7, 11) is 1.52. The summed E-state index contributed by atoms with van der Waals surface area (Å²) in [5.74, 6) is -0.640. The normalized spacial score (nSPS) is 25.0. The smallest absolute Gasteiger partial charge is 0.327 e. The van der Waals surface area contributed by atoms with Gasteiger partial charge in [0, 0.05) is 20.1 Å². The lowest BCUT2D eigenvalue weighted by atomic mass is 10.1. The van der Waals surface area contributed by atoms with E-state index in [1.807, 2.05) is 0 Å². The predicted molar refractivity (Wildman–Crippen MR) is 61.6 cm³/mol. The largest absolute Gasteiger partial charge is 0.391 e. The number of β-amino-alcohol motifs (C(OH)–C–C–N with tert-alkyl or cyclic N) is 1. The Morgan fingerprint density at radius 1 is 1.44 bits per heavy atom. The maximum atomic E-state index is 11.9. The molecule has 0 aromatic carbocycles. The van der Waals surface area contributed by atoms with Crippen LogP contribution in [0.4, 0.5) is 4.79 Å². The Balaban J connectivity index is 1.95. The molecule has 2 heterocycles. The lowest BCUT2D eigenvalue weighted by molar-refractivity contribution is -0.138. The van der Waals surface area contributed by atoms with E-state index in [2.05, 4.69) is 0 Å². The number of rotatable bonds is 2. The number of aliphatic hydroxyl groups is 1. The molecule has 1 N–H and O–H groups in total. The van der Waals surface area contributed by atoms with Crippen LogP contribution in [0.15, 0.2) is 0 Å². The van der Waals surface area contributed by atoms with Gasteiger partial charge in [0.05, 0.1) is 6.10 Å². The first-order valence-corrected chi connectivity index (χ1v) is 6.00. The Bertz CT molecular complexity index is 384. The van der Waals surface area contributed by atoms with Gasteiger partial charge in [-0.25, -0.2) is 4.79 Å². The third kappa shape index (κ3) is 2.45. The van der Waals surface area contributed by atoms with Crippen LogP contribution in [0.2, 0.25) is 0 Å². The van der Waals surface area contributed by atoms with Gasteiger partial charge in [-0.2, -0.15) is 0 Å². The summed E-state index contributed by atoms with van der Waals surface area (Å²) in [5.41, 5.74) is 0. The van der Waals surface area contributed by atoms with Crippen molar-refractivity contribution >= 4 is 17.8 Å². The number of likely N-dealkylation sites (tertiary alicyclic amines) is 1. The average Bonchev–Trinajstić information content (AvgIpc) is 2.56. The van der Waals surface area contributed by atoms with Crippen molar-refractivity contribution in [2.45, 2.75) is 18.9 Å². The molecule has 0 aromatic rings. The summed E-state index contributed by atoms with van der Waals surface area (Å²) in [6.45, 7) is 0.649. The Labute approximate surface area is 105 Å². The van der Waals surface area contributed by atoms with Gasteiger partial charge in [-0.05, 0) is 12.8 Å². The molecule has 2 aliphatic heterocycles. The molecule has 0 bridgehead atoms. The zero-order valence-corrected chi connectivity index (χ0v) is 10.3. The van der Waals surface area contributed by atoms with Crippen LogP contribution in [-0.2, 0) is 9.59 Å². The van der Waals surface area contributed by atoms with Gasteiger partial charge in [0.1, 0.15) is 13.1 Å². The van der Waals surface area contributed by atoms with E-state index in [-0.39, 0.29) is 31.4 Å². The number of carbonyl (C=O) groups excluding carboxylic acids is 3. The summed E-state index contributed by atoms with van der Waals surface area (Å²) >= 11 is 0. The molecule has 1 atom stereocenters. The molecule has 2 fully saturated rings. The van der Waals surface area contributed by atoms with Gasteiger partial charge in [-0.15, -0.1) is 0 Å². The minimum Gasteiger partial charge on any atom is -0.391 e. The van der Waals surface area contributed by atoms with Crippen molar-refractivity contribution in [2.75, 3.05) is 33.2 Å². The molecule has 2 aliphatic rings. The van der Waals surface area contributed by atoms with Crippen LogP contribution in [0.5, 0.6) is 0 Å². The second-order valence-corrected chi connectivity index (χ2v) is 4.75. The second-order valence-electron chi connectivity index (χ2n) is 4.75. The van der Waals surface area contributed by atoms with Gasteiger partial charge in [-0.3, -0.25) is 14.5 Å². The van der Waals surface area contributed by atoms with Crippen LogP contribution in [0.25, 0.3) is 0 Å². The molecule has 18 heavy (non-hydrogen) atoms. The van der Waals surface area contributed by atoms with Crippen LogP contribution in [0.3, 0.4) is 0 Å². The minimum atomic E-state index is -0.504. The molecular formula is C11H17N3O4. The molecule has 0 saturated carbocycles. The molecule has 100 valence electrons. The first-order valence-electron chi connectivity index (χ1n) is 6.00. The Kier molecular flexibility index (Phi) is 3.51. The van der Waals surface area contributed by atoms with E-state index in [0.29, 0.717) is 13.0 Å². The topological polar surface area (TPSA) is 81.2 Å². The van der Waals surface area contributed by atoms with Gasteiger partial charge >= 0.3 is 6.03 Å². The lowest BCUT2D eigenvalue weighted by Gasteiger charge is -2.31. The third-order valence-electron chi connectivity index (χ3n) is 3.27. The molecule has 7 nitrogen and oxygen atoms in total. The molecule has 0 radical (unpaired) electrons. The van der Waals surface area contributed by atoms with Crippen molar-refractivity contribution in [3.05, 3.63) is 0 Å². The number of carbonyl (C=O) groups is 3. The van der Waals surface area contributed by atoms with E-state index in [0.717, 1.165) is 11.3 Å². The van der Waals surface area contributed by atoms with Crippen LogP contribution in [-0.4, -0.2) is 77.0 Å². The predicted octanol–water partition coefficient (Wildman–Crippen LogP) is -1.14. The number of nitrogens with zero attached hydrogens (tertiary/aromatic N) is 3. The number of imide groups is 1. The number of amides is 4. The highest BCUT2D eigenvalue weighted by Gasteiger charge is 2.36. The molecule has 0 aromatic heterocycles. The molecule has 0 aliphatic carbocycles. The quantitative estimate of drug-likeness (QED) is 0.633. The summed E-state index contributed by atoms with van der Waals surface area (Å²) in [4.78, 5) is 38.8. The zero-order chi connectivity index (χ0) is 13.3. The zero-order valence-electron chi connectivity index (χ0n) is 10.3. The SMILES string of the molecule is CN1CC(=O)N(CC(=O)N2CCCC(O)C2)C1=O. The van der Waals surface area contributed by atoms with Gasteiger partial charge in [0.2, 0.25) is 5.91 Å². The monoisotopic (exact) mass is 255 g/mol. The molecule has 2 rings (SSSR count). The van der Waals surface area contributed by atoms with Gasteiger partial charge in [-0.1, -0.05) is 0 Å². The molecule has 0 spiro atoms.